The Labute approximate surface area is 244 Å². The SMILES string of the molecule is Cc1c(N2CCN(Cc3cnccn3)CC2)c(=O)n(CC(N)c2ccccc2)c(=O)n1Cc1c(F)cccc1C(F)(F)F. The highest BCUT2D eigenvalue weighted by Gasteiger charge is 2.35. The van der Waals surface area contributed by atoms with Gasteiger partial charge in [0.2, 0.25) is 0 Å². The molecule has 226 valence electrons. The summed E-state index contributed by atoms with van der Waals surface area (Å²) < 4.78 is 58.4. The van der Waals surface area contributed by atoms with Crippen LogP contribution in [0.2, 0.25) is 0 Å². The summed E-state index contributed by atoms with van der Waals surface area (Å²) in [4.78, 5) is 40.0. The Kier molecular flexibility index (Phi) is 8.74. The van der Waals surface area contributed by atoms with E-state index in [4.69, 9.17) is 5.73 Å². The third-order valence-corrected chi connectivity index (χ3v) is 7.70. The van der Waals surface area contributed by atoms with Crippen LogP contribution in [-0.4, -0.2) is 50.2 Å². The van der Waals surface area contributed by atoms with Crippen LogP contribution < -0.4 is 21.9 Å². The van der Waals surface area contributed by atoms with Gasteiger partial charge in [0.25, 0.3) is 5.56 Å². The molecule has 1 aliphatic heterocycles. The molecule has 1 saturated heterocycles. The summed E-state index contributed by atoms with van der Waals surface area (Å²) in [7, 11) is 0. The number of halogens is 4. The van der Waals surface area contributed by atoms with Gasteiger partial charge in [-0.1, -0.05) is 36.4 Å². The summed E-state index contributed by atoms with van der Waals surface area (Å²) in [6.45, 7) is 3.06. The summed E-state index contributed by atoms with van der Waals surface area (Å²) in [5.74, 6) is -1.10. The lowest BCUT2D eigenvalue weighted by atomic mass is 10.1. The fourth-order valence-electron chi connectivity index (χ4n) is 5.41. The number of aromatic nitrogens is 4. The van der Waals surface area contributed by atoms with Crippen LogP contribution in [0.3, 0.4) is 0 Å². The van der Waals surface area contributed by atoms with Crippen molar-refractivity contribution in [2.24, 2.45) is 5.73 Å². The smallest absolute Gasteiger partial charge is 0.363 e. The minimum atomic E-state index is -4.85. The van der Waals surface area contributed by atoms with Crippen molar-refractivity contribution >= 4 is 5.69 Å². The van der Waals surface area contributed by atoms with E-state index in [1.54, 1.807) is 48.9 Å². The number of alkyl halides is 3. The number of nitrogens with two attached hydrogens (primary N) is 1. The number of benzene rings is 2. The fraction of sp³-hybridized carbons (Fsp3) is 0.333. The van der Waals surface area contributed by atoms with E-state index in [-0.39, 0.29) is 17.9 Å². The molecule has 0 amide bonds. The van der Waals surface area contributed by atoms with Gasteiger partial charge in [-0.05, 0) is 24.6 Å². The van der Waals surface area contributed by atoms with Crippen molar-refractivity contribution in [2.45, 2.75) is 38.8 Å². The van der Waals surface area contributed by atoms with Crippen molar-refractivity contribution in [3.8, 4) is 0 Å². The first-order chi connectivity index (χ1) is 20.5. The topological polar surface area (TPSA) is 102 Å². The van der Waals surface area contributed by atoms with E-state index in [0.29, 0.717) is 38.3 Å². The number of anilines is 1. The molecule has 1 atom stereocenters. The molecule has 0 saturated carbocycles. The van der Waals surface area contributed by atoms with Gasteiger partial charge in [0.15, 0.2) is 0 Å². The monoisotopic (exact) mass is 597 g/mol. The van der Waals surface area contributed by atoms with Gasteiger partial charge in [-0.25, -0.2) is 9.18 Å². The molecule has 5 rings (SSSR count). The molecular formula is C30H31F4N7O2. The lowest BCUT2D eigenvalue weighted by Gasteiger charge is -2.36. The van der Waals surface area contributed by atoms with Gasteiger partial charge in [-0.2, -0.15) is 13.2 Å². The predicted octanol–water partition coefficient (Wildman–Crippen LogP) is 3.34. The van der Waals surface area contributed by atoms with Gasteiger partial charge >= 0.3 is 11.9 Å². The molecule has 2 aromatic heterocycles. The highest BCUT2D eigenvalue weighted by atomic mass is 19.4. The van der Waals surface area contributed by atoms with Crippen LogP contribution in [0, 0.1) is 12.7 Å². The van der Waals surface area contributed by atoms with Gasteiger partial charge in [-0.3, -0.25) is 28.8 Å². The Morgan fingerprint density at radius 3 is 2.30 bits per heavy atom. The van der Waals surface area contributed by atoms with Crippen molar-refractivity contribution in [3.05, 3.63) is 122 Å². The van der Waals surface area contributed by atoms with Gasteiger partial charge in [0, 0.05) is 68.6 Å². The van der Waals surface area contributed by atoms with Crippen LogP contribution in [0.25, 0.3) is 0 Å². The maximum absolute atomic E-state index is 14.9. The zero-order chi connectivity index (χ0) is 30.7. The molecule has 1 aliphatic rings. The first-order valence-electron chi connectivity index (χ1n) is 13.8. The van der Waals surface area contributed by atoms with Gasteiger partial charge in [0.05, 0.1) is 24.3 Å². The summed E-state index contributed by atoms with van der Waals surface area (Å²) in [6, 6.07) is 10.8. The first-order valence-corrected chi connectivity index (χ1v) is 13.8. The van der Waals surface area contributed by atoms with Gasteiger partial charge in [0.1, 0.15) is 11.5 Å². The highest BCUT2D eigenvalue weighted by molar-refractivity contribution is 5.50. The number of nitrogens with zero attached hydrogens (tertiary/aromatic N) is 6. The molecule has 0 radical (unpaired) electrons. The van der Waals surface area contributed by atoms with Crippen molar-refractivity contribution in [3.63, 3.8) is 0 Å². The number of hydrogen-bond acceptors (Lipinski definition) is 7. The fourth-order valence-corrected chi connectivity index (χ4v) is 5.41. The third kappa shape index (κ3) is 6.52. The van der Waals surface area contributed by atoms with Gasteiger partial charge < -0.3 is 10.6 Å². The molecule has 9 nitrogen and oxygen atoms in total. The molecule has 1 fully saturated rings. The number of rotatable bonds is 8. The van der Waals surface area contributed by atoms with Crippen LogP contribution in [0.5, 0.6) is 0 Å². The molecule has 43 heavy (non-hydrogen) atoms. The van der Waals surface area contributed by atoms with E-state index in [0.717, 1.165) is 33.0 Å². The molecule has 2 aromatic carbocycles. The molecule has 13 heteroatoms. The second kappa shape index (κ2) is 12.5. The van der Waals surface area contributed by atoms with E-state index in [9.17, 15) is 27.2 Å². The minimum Gasteiger partial charge on any atom is -0.363 e. The molecule has 0 spiro atoms. The Balaban J connectivity index is 1.55. The Morgan fingerprint density at radius 1 is 0.930 bits per heavy atom. The summed E-state index contributed by atoms with van der Waals surface area (Å²) >= 11 is 0. The Morgan fingerprint density at radius 2 is 1.65 bits per heavy atom. The Bertz CT molecular complexity index is 1680. The van der Waals surface area contributed by atoms with Crippen molar-refractivity contribution < 1.29 is 17.6 Å². The zero-order valence-electron chi connectivity index (χ0n) is 23.5. The van der Waals surface area contributed by atoms with Crippen molar-refractivity contribution in [1.29, 1.82) is 0 Å². The average Bonchev–Trinajstić information content (AvgIpc) is 2.99. The van der Waals surface area contributed by atoms with E-state index < -0.39 is 47.0 Å². The van der Waals surface area contributed by atoms with E-state index in [1.165, 1.54) is 6.92 Å². The second-order valence-electron chi connectivity index (χ2n) is 10.5. The molecule has 4 aromatic rings. The standard InChI is InChI=1S/C30H31F4N7O2/c1-20-27(39-14-12-38(13-15-39)17-22-16-36-10-11-37-22)28(42)41(19-26(35)21-6-3-2-4-7-21)29(43)40(20)18-23-24(30(32,33)34)8-5-9-25(23)31/h2-11,16,26H,12-15,17-19,35H2,1H3. The molecule has 1 unspecified atom stereocenters. The van der Waals surface area contributed by atoms with Crippen LogP contribution in [-0.2, 0) is 25.8 Å². The molecular weight excluding hydrogens is 566 g/mol. The van der Waals surface area contributed by atoms with Crippen molar-refractivity contribution in [1.82, 2.24) is 24.0 Å². The van der Waals surface area contributed by atoms with E-state index in [1.807, 2.05) is 4.90 Å². The predicted molar refractivity (Wildman–Crippen MR) is 153 cm³/mol. The van der Waals surface area contributed by atoms with E-state index >= 15 is 0 Å². The normalized spacial score (nSPS) is 15.1. The number of piperazine rings is 1. The quantitative estimate of drug-likeness (QED) is 0.311. The molecule has 2 N–H and O–H groups in total. The van der Waals surface area contributed by atoms with Crippen LogP contribution in [0.15, 0.2) is 76.7 Å². The third-order valence-electron chi connectivity index (χ3n) is 7.70. The summed E-state index contributed by atoms with van der Waals surface area (Å²) in [6.07, 6.45) is 0.0354. The largest absolute Gasteiger partial charge is 0.416 e. The highest BCUT2D eigenvalue weighted by Crippen LogP contribution is 2.33. The second-order valence-corrected chi connectivity index (χ2v) is 10.5. The lowest BCUT2D eigenvalue weighted by Crippen LogP contribution is -2.51. The van der Waals surface area contributed by atoms with Crippen LogP contribution in [0.1, 0.15) is 34.1 Å². The molecule has 0 bridgehead atoms. The Hall–Kier alpha value is -4.36. The summed E-state index contributed by atoms with van der Waals surface area (Å²) in [5.41, 5.74) is 4.84. The first kappa shape index (κ1) is 30.1. The van der Waals surface area contributed by atoms with E-state index in [2.05, 4.69) is 14.9 Å². The van der Waals surface area contributed by atoms with Crippen LogP contribution >= 0.6 is 0 Å². The summed E-state index contributed by atoms with van der Waals surface area (Å²) in [5, 5.41) is 0. The molecule has 0 aliphatic carbocycles. The van der Waals surface area contributed by atoms with Crippen LogP contribution in [0.4, 0.5) is 23.2 Å². The minimum absolute atomic E-state index is 0.151. The molecule has 3 heterocycles. The lowest BCUT2D eigenvalue weighted by molar-refractivity contribution is -0.138. The van der Waals surface area contributed by atoms with Gasteiger partial charge in [-0.15, -0.1) is 0 Å². The number of hydrogen-bond donors (Lipinski definition) is 1. The maximum Gasteiger partial charge on any atom is 0.416 e. The average molecular weight is 598 g/mol. The van der Waals surface area contributed by atoms with Crippen molar-refractivity contribution in [2.75, 3.05) is 31.1 Å². The zero-order valence-corrected chi connectivity index (χ0v) is 23.5. The maximum atomic E-state index is 14.9.